The smallest absolute Gasteiger partial charge is 0.236 e. The van der Waals surface area contributed by atoms with Crippen LogP contribution in [-0.4, -0.2) is 78.4 Å². The Hall–Kier alpha value is -0.850. The van der Waals surface area contributed by atoms with E-state index in [1.807, 2.05) is 4.90 Å². The SMILES string of the molecule is CC(=O)N1CCN(C(=O)CN2CCCC(C)C2CN)CC1.Cl. The Morgan fingerprint density at radius 3 is 2.23 bits per heavy atom. The highest BCUT2D eigenvalue weighted by Crippen LogP contribution is 2.22. The van der Waals surface area contributed by atoms with Crippen LogP contribution < -0.4 is 5.73 Å². The van der Waals surface area contributed by atoms with Crippen molar-refractivity contribution in [1.29, 1.82) is 0 Å². The van der Waals surface area contributed by atoms with E-state index < -0.39 is 0 Å². The van der Waals surface area contributed by atoms with E-state index in [1.54, 1.807) is 11.8 Å². The summed E-state index contributed by atoms with van der Waals surface area (Å²) in [6.45, 7) is 8.45. The number of nitrogens with two attached hydrogens (primary N) is 1. The second kappa shape index (κ2) is 8.70. The molecule has 2 heterocycles. The number of piperazine rings is 1. The zero-order chi connectivity index (χ0) is 15.4. The van der Waals surface area contributed by atoms with Gasteiger partial charge in [0, 0.05) is 45.7 Å². The van der Waals surface area contributed by atoms with Crippen LogP contribution in [0.15, 0.2) is 0 Å². The summed E-state index contributed by atoms with van der Waals surface area (Å²) in [6.07, 6.45) is 2.34. The summed E-state index contributed by atoms with van der Waals surface area (Å²) in [6, 6.07) is 0.321. The fourth-order valence-corrected chi connectivity index (χ4v) is 3.46. The topological polar surface area (TPSA) is 69.9 Å². The first-order chi connectivity index (χ1) is 10.0. The molecule has 2 amide bonds. The molecule has 0 radical (unpaired) electrons. The Kier molecular flexibility index (Phi) is 7.59. The molecule has 0 aromatic rings. The highest BCUT2D eigenvalue weighted by Gasteiger charge is 2.30. The van der Waals surface area contributed by atoms with Gasteiger partial charge < -0.3 is 15.5 Å². The van der Waals surface area contributed by atoms with Crippen molar-refractivity contribution in [3.63, 3.8) is 0 Å². The van der Waals surface area contributed by atoms with Gasteiger partial charge in [0.2, 0.25) is 11.8 Å². The zero-order valence-electron chi connectivity index (χ0n) is 13.7. The third-order valence-corrected chi connectivity index (χ3v) is 4.89. The number of amides is 2. The molecule has 0 aromatic carbocycles. The van der Waals surface area contributed by atoms with E-state index in [2.05, 4.69) is 11.8 Å². The van der Waals surface area contributed by atoms with Gasteiger partial charge in [0.1, 0.15) is 0 Å². The van der Waals surface area contributed by atoms with Gasteiger partial charge in [-0.3, -0.25) is 14.5 Å². The molecule has 6 nitrogen and oxygen atoms in total. The Bertz CT molecular complexity index is 386. The lowest BCUT2D eigenvalue weighted by molar-refractivity contribution is -0.140. The number of carbonyl (C=O) groups excluding carboxylic acids is 2. The predicted molar refractivity (Wildman–Crippen MR) is 88.9 cm³/mol. The van der Waals surface area contributed by atoms with E-state index in [0.29, 0.717) is 51.2 Å². The third-order valence-electron chi connectivity index (χ3n) is 4.89. The Labute approximate surface area is 139 Å². The highest BCUT2D eigenvalue weighted by atomic mass is 35.5. The van der Waals surface area contributed by atoms with Crippen molar-refractivity contribution in [3.05, 3.63) is 0 Å². The average Bonchev–Trinajstić information content (AvgIpc) is 2.47. The Morgan fingerprint density at radius 2 is 1.68 bits per heavy atom. The molecular weight excluding hydrogens is 304 g/mol. The van der Waals surface area contributed by atoms with Gasteiger partial charge >= 0.3 is 0 Å². The minimum Gasteiger partial charge on any atom is -0.339 e. The van der Waals surface area contributed by atoms with E-state index in [9.17, 15) is 9.59 Å². The van der Waals surface area contributed by atoms with E-state index in [-0.39, 0.29) is 24.2 Å². The number of carbonyl (C=O) groups is 2. The van der Waals surface area contributed by atoms with Gasteiger partial charge in [0.05, 0.1) is 6.54 Å². The van der Waals surface area contributed by atoms with Crippen molar-refractivity contribution >= 4 is 24.2 Å². The molecule has 2 aliphatic heterocycles. The second-order valence-corrected chi connectivity index (χ2v) is 6.28. The zero-order valence-corrected chi connectivity index (χ0v) is 14.5. The van der Waals surface area contributed by atoms with Crippen LogP contribution in [0.1, 0.15) is 26.7 Å². The summed E-state index contributed by atoms with van der Waals surface area (Å²) >= 11 is 0. The van der Waals surface area contributed by atoms with Crippen molar-refractivity contribution in [2.75, 3.05) is 45.8 Å². The fraction of sp³-hybridized carbons (Fsp3) is 0.867. The van der Waals surface area contributed by atoms with E-state index in [1.165, 1.54) is 6.42 Å². The van der Waals surface area contributed by atoms with Gasteiger partial charge in [0.25, 0.3) is 0 Å². The monoisotopic (exact) mass is 332 g/mol. The lowest BCUT2D eigenvalue weighted by Crippen LogP contribution is -2.55. The lowest BCUT2D eigenvalue weighted by atomic mass is 9.91. The first-order valence-corrected chi connectivity index (χ1v) is 8.00. The molecule has 0 bridgehead atoms. The second-order valence-electron chi connectivity index (χ2n) is 6.28. The normalized spacial score (nSPS) is 26.5. The third kappa shape index (κ3) is 4.57. The quantitative estimate of drug-likeness (QED) is 0.799. The summed E-state index contributed by atoms with van der Waals surface area (Å²) in [5.41, 5.74) is 5.88. The molecule has 2 aliphatic rings. The molecule has 2 fully saturated rings. The molecule has 2 rings (SSSR count). The summed E-state index contributed by atoms with van der Waals surface area (Å²) in [7, 11) is 0. The van der Waals surface area contributed by atoms with Crippen LogP contribution in [-0.2, 0) is 9.59 Å². The summed E-state index contributed by atoms with van der Waals surface area (Å²) in [5, 5.41) is 0. The minimum absolute atomic E-state index is 0. The van der Waals surface area contributed by atoms with Crippen LogP contribution in [0.4, 0.5) is 0 Å². The Morgan fingerprint density at radius 1 is 1.09 bits per heavy atom. The highest BCUT2D eigenvalue weighted by molar-refractivity contribution is 5.85. The molecule has 0 aliphatic carbocycles. The molecule has 128 valence electrons. The minimum atomic E-state index is 0. The standard InChI is InChI=1S/C15H28N4O2.ClH/c1-12-4-3-5-19(14(12)10-16)11-15(21)18-8-6-17(7-9-18)13(2)20;/h12,14H,3-11,16H2,1-2H3;1H. The number of likely N-dealkylation sites (tertiary alicyclic amines) is 1. The number of rotatable bonds is 3. The van der Waals surface area contributed by atoms with Crippen LogP contribution in [0.5, 0.6) is 0 Å². The number of piperidine rings is 1. The number of hydrogen-bond acceptors (Lipinski definition) is 4. The average molecular weight is 333 g/mol. The van der Waals surface area contributed by atoms with Gasteiger partial charge in [0.15, 0.2) is 0 Å². The lowest BCUT2D eigenvalue weighted by Gasteiger charge is -2.41. The first kappa shape index (κ1) is 19.2. The molecule has 2 saturated heterocycles. The van der Waals surface area contributed by atoms with Gasteiger partial charge in [-0.2, -0.15) is 0 Å². The van der Waals surface area contributed by atoms with Gasteiger partial charge in [-0.1, -0.05) is 6.92 Å². The number of hydrogen-bond donors (Lipinski definition) is 1. The Balaban J connectivity index is 0.00000242. The van der Waals surface area contributed by atoms with Crippen LogP contribution in [0, 0.1) is 5.92 Å². The van der Waals surface area contributed by atoms with Crippen molar-refractivity contribution in [2.45, 2.75) is 32.7 Å². The molecule has 0 saturated carbocycles. The van der Waals surface area contributed by atoms with Crippen molar-refractivity contribution < 1.29 is 9.59 Å². The van der Waals surface area contributed by atoms with Crippen molar-refractivity contribution in [1.82, 2.24) is 14.7 Å². The van der Waals surface area contributed by atoms with Crippen LogP contribution in [0.2, 0.25) is 0 Å². The van der Waals surface area contributed by atoms with E-state index in [4.69, 9.17) is 5.73 Å². The number of nitrogens with zero attached hydrogens (tertiary/aromatic N) is 3. The van der Waals surface area contributed by atoms with Gasteiger partial charge in [-0.05, 0) is 25.3 Å². The molecule has 22 heavy (non-hydrogen) atoms. The van der Waals surface area contributed by atoms with Crippen LogP contribution in [0.3, 0.4) is 0 Å². The van der Waals surface area contributed by atoms with Crippen molar-refractivity contribution in [3.8, 4) is 0 Å². The van der Waals surface area contributed by atoms with Gasteiger partial charge in [-0.25, -0.2) is 0 Å². The number of halogens is 1. The molecule has 0 spiro atoms. The molecular formula is C15H29ClN4O2. The molecule has 2 unspecified atom stereocenters. The molecule has 7 heteroatoms. The first-order valence-electron chi connectivity index (χ1n) is 8.00. The molecule has 2 N–H and O–H groups in total. The van der Waals surface area contributed by atoms with Crippen LogP contribution >= 0.6 is 12.4 Å². The maximum atomic E-state index is 12.5. The van der Waals surface area contributed by atoms with E-state index in [0.717, 1.165) is 13.0 Å². The van der Waals surface area contributed by atoms with Crippen LogP contribution in [0.25, 0.3) is 0 Å². The summed E-state index contributed by atoms with van der Waals surface area (Å²) in [5.74, 6) is 0.826. The molecule has 2 atom stereocenters. The largest absolute Gasteiger partial charge is 0.339 e. The fourth-order valence-electron chi connectivity index (χ4n) is 3.46. The molecule has 0 aromatic heterocycles. The summed E-state index contributed by atoms with van der Waals surface area (Å²) < 4.78 is 0. The van der Waals surface area contributed by atoms with E-state index >= 15 is 0 Å². The maximum absolute atomic E-state index is 12.5. The maximum Gasteiger partial charge on any atom is 0.236 e. The van der Waals surface area contributed by atoms with Crippen molar-refractivity contribution in [2.24, 2.45) is 11.7 Å². The summed E-state index contributed by atoms with van der Waals surface area (Å²) in [4.78, 5) is 29.7. The predicted octanol–water partition coefficient (Wildman–Crippen LogP) is 0.158. The van der Waals surface area contributed by atoms with Gasteiger partial charge in [-0.15, -0.1) is 12.4 Å².